The van der Waals surface area contributed by atoms with E-state index in [1.165, 1.54) is 7.11 Å². The minimum absolute atomic E-state index is 0.141. The Balaban J connectivity index is 2.43. The van der Waals surface area contributed by atoms with Crippen LogP contribution in [0.25, 0.3) is 0 Å². The third-order valence-corrected chi connectivity index (χ3v) is 2.95. The van der Waals surface area contributed by atoms with Crippen molar-refractivity contribution in [1.82, 2.24) is 9.55 Å². The minimum atomic E-state index is -1.41. The number of ether oxygens (including phenoxy) is 2. The molecule has 0 bridgehead atoms. The molecule has 2 heterocycles. The van der Waals surface area contributed by atoms with Crippen LogP contribution >= 0.6 is 0 Å². The first-order valence-electron chi connectivity index (χ1n) is 5.51. The van der Waals surface area contributed by atoms with Crippen LogP contribution in [0.1, 0.15) is 6.23 Å². The number of rotatable bonds is 3. The van der Waals surface area contributed by atoms with E-state index in [-0.39, 0.29) is 5.75 Å². The smallest absolute Gasteiger partial charge is 0.330 e. The molecule has 0 amide bonds. The lowest BCUT2D eigenvalue weighted by atomic mass is 10.1. The fraction of sp³-hybridized carbons (Fsp3) is 0.600. The van der Waals surface area contributed by atoms with Gasteiger partial charge in [-0.1, -0.05) is 0 Å². The average Bonchev–Trinajstić information content (AvgIpc) is 2.67. The van der Waals surface area contributed by atoms with Gasteiger partial charge in [-0.05, 0) is 0 Å². The standard InChI is InChI=1S/C10H14N2O7/c1-18-4-2-12(10(17)11-8(4)16)9-7(15)6(14)5(3-13)19-9/h2,5-7,9,13-15H,3H2,1H3,(H,11,16,17). The van der Waals surface area contributed by atoms with Gasteiger partial charge in [-0.15, -0.1) is 0 Å². The number of hydrogen-bond donors (Lipinski definition) is 4. The van der Waals surface area contributed by atoms with Crippen molar-refractivity contribution >= 4 is 0 Å². The molecule has 0 spiro atoms. The highest BCUT2D eigenvalue weighted by Crippen LogP contribution is 2.28. The van der Waals surface area contributed by atoms with Crippen molar-refractivity contribution in [3.05, 3.63) is 27.0 Å². The van der Waals surface area contributed by atoms with Gasteiger partial charge in [-0.3, -0.25) is 14.3 Å². The van der Waals surface area contributed by atoms with Crippen LogP contribution in [-0.4, -0.2) is 56.9 Å². The first kappa shape index (κ1) is 13.7. The van der Waals surface area contributed by atoms with E-state index in [0.717, 1.165) is 10.8 Å². The van der Waals surface area contributed by atoms with Crippen molar-refractivity contribution in [2.45, 2.75) is 24.5 Å². The maximum Gasteiger partial charge on any atom is 0.330 e. The highest BCUT2D eigenvalue weighted by atomic mass is 16.6. The molecule has 2 rings (SSSR count). The number of methoxy groups -OCH3 is 1. The SMILES string of the molecule is COc1cn(C2OC(CO)C(O)C2O)c(=O)[nH]c1=O. The predicted molar refractivity (Wildman–Crippen MR) is 60.9 cm³/mol. The van der Waals surface area contributed by atoms with E-state index in [9.17, 15) is 19.8 Å². The van der Waals surface area contributed by atoms with Crippen molar-refractivity contribution in [3.63, 3.8) is 0 Å². The second-order valence-electron chi connectivity index (χ2n) is 4.09. The van der Waals surface area contributed by atoms with Crippen LogP contribution in [0.5, 0.6) is 5.75 Å². The number of aliphatic hydroxyl groups is 3. The molecular formula is C10H14N2O7. The van der Waals surface area contributed by atoms with Crippen LogP contribution in [0.2, 0.25) is 0 Å². The zero-order valence-electron chi connectivity index (χ0n) is 10.0. The molecule has 106 valence electrons. The van der Waals surface area contributed by atoms with Crippen LogP contribution in [0.4, 0.5) is 0 Å². The molecule has 4 N–H and O–H groups in total. The van der Waals surface area contributed by atoms with Gasteiger partial charge in [0.2, 0.25) is 5.75 Å². The summed E-state index contributed by atoms with van der Waals surface area (Å²) in [6, 6.07) is 0. The summed E-state index contributed by atoms with van der Waals surface area (Å²) in [6.07, 6.45) is -3.90. The van der Waals surface area contributed by atoms with Gasteiger partial charge in [0.15, 0.2) is 6.23 Å². The lowest BCUT2D eigenvalue weighted by Gasteiger charge is -2.17. The third-order valence-electron chi connectivity index (χ3n) is 2.95. The van der Waals surface area contributed by atoms with Crippen molar-refractivity contribution in [2.75, 3.05) is 13.7 Å². The van der Waals surface area contributed by atoms with Gasteiger partial charge in [0, 0.05) is 0 Å². The number of H-pyrrole nitrogens is 1. The molecule has 19 heavy (non-hydrogen) atoms. The van der Waals surface area contributed by atoms with E-state index in [4.69, 9.17) is 14.6 Å². The topological polar surface area (TPSA) is 134 Å². The molecule has 1 aliphatic rings. The second-order valence-corrected chi connectivity index (χ2v) is 4.09. The van der Waals surface area contributed by atoms with Gasteiger partial charge in [-0.2, -0.15) is 0 Å². The molecule has 9 heteroatoms. The summed E-state index contributed by atoms with van der Waals surface area (Å²) in [6.45, 7) is -0.510. The predicted octanol–water partition coefficient (Wildman–Crippen LogP) is -2.84. The van der Waals surface area contributed by atoms with E-state index in [2.05, 4.69) is 0 Å². The molecule has 0 radical (unpaired) electrons. The molecule has 1 aromatic rings. The Morgan fingerprint density at radius 3 is 2.63 bits per heavy atom. The van der Waals surface area contributed by atoms with Crippen LogP contribution < -0.4 is 16.0 Å². The number of nitrogens with one attached hydrogen (secondary N) is 1. The van der Waals surface area contributed by atoms with E-state index in [1.807, 2.05) is 4.98 Å². The first-order chi connectivity index (χ1) is 8.99. The summed E-state index contributed by atoms with van der Waals surface area (Å²) in [5.41, 5.74) is -1.53. The van der Waals surface area contributed by atoms with Crippen LogP contribution in [-0.2, 0) is 4.74 Å². The van der Waals surface area contributed by atoms with Crippen LogP contribution in [0.3, 0.4) is 0 Å². The average molecular weight is 274 g/mol. The number of aromatic amines is 1. The molecule has 9 nitrogen and oxygen atoms in total. The lowest BCUT2D eigenvalue weighted by molar-refractivity contribution is -0.0552. The minimum Gasteiger partial charge on any atom is -0.490 e. The van der Waals surface area contributed by atoms with Crippen LogP contribution in [0, 0.1) is 0 Å². The lowest BCUT2D eigenvalue weighted by Crippen LogP contribution is -2.38. The van der Waals surface area contributed by atoms with E-state index in [1.54, 1.807) is 0 Å². The Kier molecular flexibility index (Phi) is 3.71. The zero-order valence-corrected chi connectivity index (χ0v) is 10.0. The highest BCUT2D eigenvalue weighted by Gasteiger charge is 2.43. The Bertz CT molecular complexity index is 566. The largest absolute Gasteiger partial charge is 0.490 e. The molecular weight excluding hydrogens is 260 g/mol. The van der Waals surface area contributed by atoms with E-state index in [0.29, 0.717) is 0 Å². The van der Waals surface area contributed by atoms with Crippen molar-refractivity contribution < 1.29 is 24.8 Å². The summed E-state index contributed by atoms with van der Waals surface area (Å²) in [4.78, 5) is 25.0. The summed E-state index contributed by atoms with van der Waals surface area (Å²) >= 11 is 0. The van der Waals surface area contributed by atoms with Gasteiger partial charge >= 0.3 is 5.69 Å². The molecule has 0 aliphatic carbocycles. The van der Waals surface area contributed by atoms with Gasteiger partial charge in [-0.25, -0.2) is 4.79 Å². The fourth-order valence-electron chi connectivity index (χ4n) is 1.91. The van der Waals surface area contributed by atoms with Crippen molar-refractivity contribution in [1.29, 1.82) is 0 Å². The molecule has 4 unspecified atom stereocenters. The first-order valence-corrected chi connectivity index (χ1v) is 5.51. The number of nitrogens with zero attached hydrogens (tertiary/aromatic N) is 1. The summed E-state index contributed by atoms with van der Waals surface area (Å²) in [7, 11) is 1.25. The number of hydrogen-bond acceptors (Lipinski definition) is 7. The zero-order chi connectivity index (χ0) is 14.2. The Morgan fingerprint density at radius 1 is 1.42 bits per heavy atom. The Labute approximate surface area is 106 Å². The van der Waals surface area contributed by atoms with E-state index >= 15 is 0 Å². The highest BCUT2D eigenvalue weighted by molar-refractivity contribution is 5.12. The third kappa shape index (κ3) is 2.28. The second kappa shape index (κ2) is 5.13. The summed E-state index contributed by atoms with van der Waals surface area (Å²) < 4.78 is 10.8. The van der Waals surface area contributed by atoms with Gasteiger partial charge in [0.1, 0.15) is 18.3 Å². The van der Waals surface area contributed by atoms with Crippen molar-refractivity contribution in [2.24, 2.45) is 0 Å². The molecule has 1 saturated heterocycles. The molecule has 1 aromatic heterocycles. The Morgan fingerprint density at radius 2 is 2.11 bits per heavy atom. The Hall–Kier alpha value is -1.68. The summed E-state index contributed by atoms with van der Waals surface area (Å²) in [5.74, 6) is -0.141. The maximum absolute atomic E-state index is 11.7. The molecule has 4 atom stereocenters. The summed E-state index contributed by atoms with van der Waals surface area (Å²) in [5, 5.41) is 28.4. The molecule has 1 aliphatic heterocycles. The molecule has 0 aromatic carbocycles. The van der Waals surface area contributed by atoms with Crippen LogP contribution in [0.15, 0.2) is 15.8 Å². The van der Waals surface area contributed by atoms with Gasteiger partial charge in [0.05, 0.1) is 19.9 Å². The van der Waals surface area contributed by atoms with E-state index < -0.39 is 42.4 Å². The molecule has 1 fully saturated rings. The van der Waals surface area contributed by atoms with Crippen molar-refractivity contribution in [3.8, 4) is 5.75 Å². The number of aliphatic hydroxyl groups excluding tert-OH is 3. The quantitative estimate of drug-likeness (QED) is 0.466. The van der Waals surface area contributed by atoms with Gasteiger partial charge < -0.3 is 24.8 Å². The maximum atomic E-state index is 11.7. The van der Waals surface area contributed by atoms with Gasteiger partial charge in [0.25, 0.3) is 5.56 Å². The fourth-order valence-corrected chi connectivity index (χ4v) is 1.91. The number of aromatic nitrogens is 2. The normalized spacial score (nSPS) is 30.5. The monoisotopic (exact) mass is 274 g/mol. The molecule has 0 saturated carbocycles.